The molecule has 194 valence electrons. The molecule has 1 atom stereocenters. The molecule has 1 aliphatic rings. The molecule has 38 heavy (non-hydrogen) atoms. The Morgan fingerprint density at radius 3 is 2.29 bits per heavy atom. The molecule has 5 nitrogen and oxygen atoms in total. The Balaban J connectivity index is 1.37. The minimum atomic E-state index is -0.996. The second-order valence-corrected chi connectivity index (χ2v) is 10.2. The van der Waals surface area contributed by atoms with E-state index in [1.54, 1.807) is 6.07 Å². The van der Waals surface area contributed by atoms with Crippen molar-refractivity contribution < 1.29 is 14.6 Å². The Bertz CT molecular complexity index is 1370. The monoisotopic (exact) mass is 506 g/mol. The van der Waals surface area contributed by atoms with Crippen molar-refractivity contribution >= 4 is 11.7 Å². The van der Waals surface area contributed by atoms with E-state index in [0.717, 1.165) is 31.9 Å². The Morgan fingerprint density at radius 1 is 0.895 bits per heavy atom. The van der Waals surface area contributed by atoms with E-state index in [1.165, 1.54) is 16.7 Å². The summed E-state index contributed by atoms with van der Waals surface area (Å²) in [6, 6.07) is 34.4. The lowest BCUT2D eigenvalue weighted by atomic mass is 9.95. The third-order valence-electron chi connectivity index (χ3n) is 7.31. The molecule has 0 bridgehead atoms. The summed E-state index contributed by atoms with van der Waals surface area (Å²) >= 11 is 0. The predicted molar refractivity (Wildman–Crippen MR) is 153 cm³/mol. The summed E-state index contributed by atoms with van der Waals surface area (Å²) < 4.78 is 6.01. The van der Waals surface area contributed by atoms with Crippen molar-refractivity contribution in [3.63, 3.8) is 0 Å². The van der Waals surface area contributed by atoms with Gasteiger partial charge in [-0.25, -0.2) is 4.79 Å². The maximum absolute atomic E-state index is 11.9. The van der Waals surface area contributed by atoms with Crippen LogP contribution in [0.4, 0.5) is 5.69 Å². The van der Waals surface area contributed by atoms with Crippen LogP contribution >= 0.6 is 0 Å². The van der Waals surface area contributed by atoms with E-state index in [1.807, 2.05) is 42.5 Å². The van der Waals surface area contributed by atoms with Gasteiger partial charge in [-0.3, -0.25) is 4.90 Å². The fourth-order valence-corrected chi connectivity index (χ4v) is 5.27. The molecule has 1 N–H and O–H groups in total. The van der Waals surface area contributed by atoms with E-state index in [9.17, 15) is 9.90 Å². The topological polar surface area (TPSA) is 53.0 Å². The molecule has 0 saturated carbocycles. The number of aromatic carboxylic acids is 1. The zero-order chi connectivity index (χ0) is 26.5. The first-order valence-corrected chi connectivity index (χ1v) is 13.2. The highest BCUT2D eigenvalue weighted by molar-refractivity contribution is 5.91. The first-order valence-electron chi connectivity index (χ1n) is 13.2. The number of nitrogens with zero attached hydrogens (tertiary/aromatic N) is 2. The highest BCUT2D eigenvalue weighted by atomic mass is 16.5. The molecule has 1 unspecified atom stereocenters. The second-order valence-electron chi connectivity index (χ2n) is 10.2. The van der Waals surface area contributed by atoms with Crippen LogP contribution in [-0.2, 0) is 6.54 Å². The third kappa shape index (κ3) is 5.74. The fraction of sp³-hybridized carbons (Fsp3) is 0.242. The summed E-state index contributed by atoms with van der Waals surface area (Å²) in [7, 11) is 0. The molecule has 0 aliphatic carbocycles. The van der Waals surface area contributed by atoms with Crippen LogP contribution in [0.5, 0.6) is 11.5 Å². The largest absolute Gasteiger partial charge is 0.478 e. The van der Waals surface area contributed by atoms with Crippen molar-refractivity contribution in [2.75, 3.05) is 24.5 Å². The van der Waals surface area contributed by atoms with Gasteiger partial charge in [-0.2, -0.15) is 0 Å². The zero-order valence-corrected chi connectivity index (χ0v) is 22.0. The molecule has 0 radical (unpaired) electrons. The Morgan fingerprint density at radius 2 is 1.58 bits per heavy atom. The Labute approximate surface area is 224 Å². The van der Waals surface area contributed by atoms with Gasteiger partial charge in [0.15, 0.2) is 0 Å². The van der Waals surface area contributed by atoms with E-state index < -0.39 is 5.97 Å². The number of rotatable bonds is 8. The van der Waals surface area contributed by atoms with Crippen LogP contribution in [0.2, 0.25) is 0 Å². The summed E-state index contributed by atoms with van der Waals surface area (Å²) in [5.74, 6) is 0.445. The lowest BCUT2D eigenvalue weighted by Crippen LogP contribution is -2.54. The van der Waals surface area contributed by atoms with Gasteiger partial charge in [-0.15, -0.1) is 0 Å². The molecular formula is C33H34N2O3. The summed E-state index contributed by atoms with van der Waals surface area (Å²) in [6.07, 6.45) is 0. The Hall–Kier alpha value is -4.09. The zero-order valence-electron chi connectivity index (χ0n) is 22.0. The molecule has 1 saturated heterocycles. The predicted octanol–water partition coefficient (Wildman–Crippen LogP) is 7.19. The molecule has 0 spiro atoms. The molecule has 1 fully saturated rings. The molecule has 5 rings (SSSR count). The standard InChI is InChI=1S/C33H34N2O3/c1-24(2)31-23-34(27-17-18-30(33(36)37)32(21-27)38-28-14-7-4-8-15-28)19-20-35(31)22-26-13-9-10-16-29(26)25-11-5-3-6-12-25/h3-18,21,24,31H,19-20,22-23H2,1-2H3,(H,36,37). The highest BCUT2D eigenvalue weighted by Gasteiger charge is 2.30. The molecule has 4 aromatic rings. The molecule has 0 aromatic heterocycles. The van der Waals surface area contributed by atoms with Gasteiger partial charge < -0.3 is 14.7 Å². The molecule has 0 amide bonds. The number of ether oxygens (including phenoxy) is 1. The average molecular weight is 507 g/mol. The van der Waals surface area contributed by atoms with E-state index >= 15 is 0 Å². The van der Waals surface area contributed by atoms with E-state index in [4.69, 9.17) is 4.74 Å². The van der Waals surface area contributed by atoms with Crippen LogP contribution < -0.4 is 9.64 Å². The summed E-state index contributed by atoms with van der Waals surface area (Å²) in [5.41, 5.74) is 5.00. The van der Waals surface area contributed by atoms with Crippen LogP contribution in [0.25, 0.3) is 11.1 Å². The van der Waals surface area contributed by atoms with Crippen LogP contribution in [0.1, 0.15) is 29.8 Å². The van der Waals surface area contributed by atoms with Crippen molar-refractivity contribution in [1.29, 1.82) is 0 Å². The van der Waals surface area contributed by atoms with Gasteiger partial charge in [0, 0.05) is 44.0 Å². The van der Waals surface area contributed by atoms with Crippen molar-refractivity contribution in [3.05, 3.63) is 114 Å². The van der Waals surface area contributed by atoms with Crippen molar-refractivity contribution in [2.45, 2.75) is 26.4 Å². The summed E-state index contributed by atoms with van der Waals surface area (Å²) in [6.45, 7) is 8.09. The first-order chi connectivity index (χ1) is 18.5. The summed E-state index contributed by atoms with van der Waals surface area (Å²) in [4.78, 5) is 16.8. The van der Waals surface area contributed by atoms with Gasteiger partial charge >= 0.3 is 5.97 Å². The smallest absolute Gasteiger partial charge is 0.339 e. The van der Waals surface area contributed by atoms with Crippen molar-refractivity contribution in [2.24, 2.45) is 5.92 Å². The van der Waals surface area contributed by atoms with Crippen LogP contribution in [0, 0.1) is 5.92 Å². The van der Waals surface area contributed by atoms with Gasteiger partial charge in [0.05, 0.1) is 0 Å². The lowest BCUT2D eigenvalue weighted by Gasteiger charge is -2.44. The van der Waals surface area contributed by atoms with Crippen molar-refractivity contribution in [3.8, 4) is 22.6 Å². The maximum Gasteiger partial charge on any atom is 0.339 e. The first kappa shape index (κ1) is 25.6. The number of carboxylic acid groups (broad SMARTS) is 1. The van der Waals surface area contributed by atoms with Gasteiger partial charge in [-0.05, 0) is 46.9 Å². The molecule has 5 heteroatoms. The number of carboxylic acids is 1. The van der Waals surface area contributed by atoms with Gasteiger partial charge in [0.1, 0.15) is 17.1 Å². The number of benzene rings is 4. The SMILES string of the molecule is CC(C)C1CN(c2ccc(C(=O)O)c(Oc3ccccc3)c2)CCN1Cc1ccccc1-c1ccccc1. The lowest BCUT2D eigenvalue weighted by molar-refractivity contribution is 0.0694. The van der Waals surface area contributed by atoms with E-state index in [-0.39, 0.29) is 5.56 Å². The van der Waals surface area contributed by atoms with E-state index in [2.05, 4.69) is 78.2 Å². The van der Waals surface area contributed by atoms with Gasteiger partial charge in [0.25, 0.3) is 0 Å². The van der Waals surface area contributed by atoms with Crippen LogP contribution in [0.15, 0.2) is 103 Å². The van der Waals surface area contributed by atoms with Gasteiger partial charge in [-0.1, -0.05) is 86.6 Å². The molecule has 4 aromatic carbocycles. The van der Waals surface area contributed by atoms with Crippen LogP contribution in [0.3, 0.4) is 0 Å². The maximum atomic E-state index is 11.9. The fourth-order valence-electron chi connectivity index (χ4n) is 5.27. The van der Waals surface area contributed by atoms with E-state index in [0.29, 0.717) is 23.5 Å². The minimum absolute atomic E-state index is 0.161. The number of hydrogen-bond donors (Lipinski definition) is 1. The Kier molecular flexibility index (Phi) is 7.75. The van der Waals surface area contributed by atoms with Crippen molar-refractivity contribution in [1.82, 2.24) is 4.90 Å². The normalized spacial score (nSPS) is 16.0. The number of para-hydroxylation sites is 1. The number of hydrogen-bond acceptors (Lipinski definition) is 4. The third-order valence-corrected chi connectivity index (χ3v) is 7.31. The quantitative estimate of drug-likeness (QED) is 0.274. The average Bonchev–Trinajstić information content (AvgIpc) is 2.94. The molecule has 1 aliphatic heterocycles. The number of anilines is 1. The minimum Gasteiger partial charge on any atom is -0.478 e. The van der Waals surface area contributed by atoms with Gasteiger partial charge in [0.2, 0.25) is 0 Å². The molecular weight excluding hydrogens is 472 g/mol. The highest BCUT2D eigenvalue weighted by Crippen LogP contribution is 2.33. The molecule has 1 heterocycles. The van der Waals surface area contributed by atoms with Crippen LogP contribution in [-0.4, -0.2) is 41.7 Å². The second kappa shape index (κ2) is 11.5. The number of piperazine rings is 1. The number of carbonyl (C=O) groups is 1. The summed E-state index contributed by atoms with van der Waals surface area (Å²) in [5, 5.41) is 9.74.